The van der Waals surface area contributed by atoms with Gasteiger partial charge in [0.25, 0.3) is 0 Å². The van der Waals surface area contributed by atoms with Crippen LogP contribution in [0.5, 0.6) is 5.75 Å². The Bertz CT molecular complexity index is 568. The molecular formula is C15H18O5. The number of aryl methyl sites for hydroxylation is 1. The van der Waals surface area contributed by atoms with Crippen molar-refractivity contribution in [3.8, 4) is 5.75 Å². The number of carbonyl (C=O) groups excluding carboxylic acids is 1. The van der Waals surface area contributed by atoms with Gasteiger partial charge in [-0.1, -0.05) is 6.07 Å². The van der Waals surface area contributed by atoms with Gasteiger partial charge >= 0.3 is 0 Å². The second-order valence-corrected chi connectivity index (χ2v) is 5.93. The Morgan fingerprint density at radius 3 is 2.45 bits per heavy atom. The van der Waals surface area contributed by atoms with Gasteiger partial charge in [-0.15, -0.1) is 0 Å². The highest BCUT2D eigenvalue weighted by atomic mass is 16.3. The van der Waals surface area contributed by atoms with Crippen LogP contribution in [0.1, 0.15) is 40.4 Å². The van der Waals surface area contributed by atoms with Gasteiger partial charge < -0.3 is 20.4 Å². The molecule has 0 aromatic heterocycles. The van der Waals surface area contributed by atoms with Crippen LogP contribution in [-0.4, -0.2) is 38.4 Å². The molecule has 0 radical (unpaired) electrons. The first-order valence-corrected chi connectivity index (χ1v) is 6.82. The third-order valence-corrected chi connectivity index (χ3v) is 4.57. The maximum Gasteiger partial charge on any atom is 0.170 e. The first kappa shape index (κ1) is 13.5. The molecule has 0 heterocycles. The molecule has 0 saturated heterocycles. The van der Waals surface area contributed by atoms with E-state index in [0.717, 1.165) is 5.56 Å². The van der Waals surface area contributed by atoms with Crippen LogP contribution in [0.25, 0.3) is 0 Å². The number of ketones is 1. The summed E-state index contributed by atoms with van der Waals surface area (Å²) in [7, 11) is 0. The van der Waals surface area contributed by atoms with Gasteiger partial charge in [-0.05, 0) is 37.0 Å². The van der Waals surface area contributed by atoms with Crippen LogP contribution < -0.4 is 0 Å². The van der Waals surface area contributed by atoms with Gasteiger partial charge in [0.05, 0.1) is 23.9 Å². The molecule has 20 heavy (non-hydrogen) atoms. The lowest BCUT2D eigenvalue weighted by Crippen LogP contribution is -2.46. The number of phenolic OH excluding ortho intramolecular Hbond substituents is 1. The normalized spacial score (nSPS) is 36.4. The fourth-order valence-electron chi connectivity index (χ4n) is 3.56. The molecule has 2 aliphatic rings. The van der Waals surface area contributed by atoms with E-state index in [1.54, 1.807) is 13.0 Å². The van der Waals surface area contributed by atoms with Gasteiger partial charge in [-0.25, -0.2) is 0 Å². The zero-order valence-corrected chi connectivity index (χ0v) is 11.2. The van der Waals surface area contributed by atoms with Gasteiger partial charge in [-0.2, -0.15) is 0 Å². The molecule has 5 atom stereocenters. The lowest BCUT2D eigenvalue weighted by molar-refractivity contribution is -0.0722. The van der Waals surface area contributed by atoms with Crippen molar-refractivity contribution in [3.05, 3.63) is 28.8 Å². The van der Waals surface area contributed by atoms with E-state index in [0.29, 0.717) is 5.56 Å². The van der Waals surface area contributed by atoms with Crippen molar-refractivity contribution >= 4 is 5.78 Å². The van der Waals surface area contributed by atoms with Gasteiger partial charge in [0.15, 0.2) is 5.78 Å². The molecule has 108 valence electrons. The van der Waals surface area contributed by atoms with Crippen LogP contribution in [0.2, 0.25) is 0 Å². The maximum atomic E-state index is 12.5. The van der Waals surface area contributed by atoms with E-state index in [1.807, 2.05) is 0 Å². The van der Waals surface area contributed by atoms with E-state index in [-0.39, 0.29) is 29.9 Å². The van der Waals surface area contributed by atoms with Crippen LogP contribution in [0.3, 0.4) is 0 Å². The first-order valence-electron chi connectivity index (χ1n) is 6.82. The molecule has 5 heteroatoms. The second-order valence-electron chi connectivity index (χ2n) is 5.93. The summed E-state index contributed by atoms with van der Waals surface area (Å²) < 4.78 is 0. The summed E-state index contributed by atoms with van der Waals surface area (Å²) in [6.45, 7) is 1.78. The summed E-state index contributed by atoms with van der Waals surface area (Å²) >= 11 is 0. The fourth-order valence-corrected chi connectivity index (χ4v) is 3.56. The molecule has 0 spiro atoms. The summed E-state index contributed by atoms with van der Waals surface area (Å²) in [6.07, 6.45) is -2.47. The van der Waals surface area contributed by atoms with E-state index in [9.17, 15) is 25.2 Å². The Kier molecular flexibility index (Phi) is 3.08. The number of aliphatic hydroxyl groups excluding tert-OH is 3. The van der Waals surface area contributed by atoms with Crippen molar-refractivity contribution in [2.45, 2.75) is 38.1 Å². The number of aliphatic hydroxyl groups is 3. The summed E-state index contributed by atoms with van der Waals surface area (Å²) in [4.78, 5) is 12.5. The number of Topliss-reactive ketones (excluding diaryl/α,β-unsaturated/α-hetero) is 1. The SMILES string of the molecule is Cc1cc(O)c2c(c1)C(O)C1CC(O)C(O)CC1C2=O. The fraction of sp³-hybridized carbons (Fsp3) is 0.533. The van der Waals surface area contributed by atoms with Gasteiger partial charge in [0.1, 0.15) is 5.75 Å². The van der Waals surface area contributed by atoms with Gasteiger partial charge in [-0.3, -0.25) is 4.79 Å². The molecule has 0 bridgehead atoms. The summed E-state index contributed by atoms with van der Waals surface area (Å²) in [5.74, 6) is -1.33. The molecule has 1 fully saturated rings. The Morgan fingerprint density at radius 2 is 1.75 bits per heavy atom. The minimum absolute atomic E-state index is 0.120. The minimum Gasteiger partial charge on any atom is -0.507 e. The average molecular weight is 278 g/mol. The molecular weight excluding hydrogens is 260 g/mol. The molecule has 5 nitrogen and oxygen atoms in total. The average Bonchev–Trinajstić information content (AvgIpc) is 2.37. The Hall–Kier alpha value is -1.43. The van der Waals surface area contributed by atoms with Crippen molar-refractivity contribution in [3.63, 3.8) is 0 Å². The smallest absolute Gasteiger partial charge is 0.170 e. The number of hydrogen-bond acceptors (Lipinski definition) is 5. The molecule has 2 aliphatic carbocycles. The van der Waals surface area contributed by atoms with Crippen molar-refractivity contribution in [2.24, 2.45) is 11.8 Å². The minimum atomic E-state index is -0.957. The van der Waals surface area contributed by atoms with E-state index < -0.39 is 30.1 Å². The Balaban J connectivity index is 2.11. The third-order valence-electron chi connectivity index (χ3n) is 4.57. The predicted molar refractivity (Wildman–Crippen MR) is 70.4 cm³/mol. The largest absolute Gasteiger partial charge is 0.507 e. The van der Waals surface area contributed by atoms with Crippen molar-refractivity contribution in [1.82, 2.24) is 0 Å². The Morgan fingerprint density at radius 1 is 1.10 bits per heavy atom. The lowest BCUT2D eigenvalue weighted by Gasteiger charge is -2.42. The molecule has 0 amide bonds. The molecule has 5 unspecified atom stereocenters. The van der Waals surface area contributed by atoms with E-state index in [2.05, 4.69) is 0 Å². The summed E-state index contributed by atoms with van der Waals surface area (Å²) in [6, 6.07) is 3.20. The molecule has 1 aromatic rings. The number of phenols is 1. The molecule has 0 aliphatic heterocycles. The number of carbonyl (C=O) groups is 1. The Labute approximate surface area is 116 Å². The second kappa shape index (κ2) is 4.55. The van der Waals surface area contributed by atoms with E-state index >= 15 is 0 Å². The van der Waals surface area contributed by atoms with Crippen LogP contribution in [0.4, 0.5) is 0 Å². The number of rotatable bonds is 0. The molecule has 3 rings (SSSR count). The van der Waals surface area contributed by atoms with Gasteiger partial charge in [0.2, 0.25) is 0 Å². The topological polar surface area (TPSA) is 98.0 Å². The van der Waals surface area contributed by atoms with Crippen LogP contribution in [-0.2, 0) is 0 Å². The number of benzene rings is 1. The highest BCUT2D eigenvalue weighted by Gasteiger charge is 2.48. The summed E-state index contributed by atoms with van der Waals surface area (Å²) in [5.41, 5.74) is 1.35. The van der Waals surface area contributed by atoms with E-state index in [4.69, 9.17) is 0 Å². The molecule has 1 saturated carbocycles. The molecule has 4 N–H and O–H groups in total. The number of hydrogen-bond donors (Lipinski definition) is 4. The molecule has 1 aromatic carbocycles. The summed E-state index contributed by atoms with van der Waals surface area (Å²) in [5, 5.41) is 40.0. The van der Waals surface area contributed by atoms with E-state index in [1.165, 1.54) is 6.07 Å². The monoisotopic (exact) mass is 278 g/mol. The number of fused-ring (bicyclic) bond motifs is 2. The predicted octanol–water partition coefficient (Wildman–Crippen LogP) is 0.678. The zero-order valence-electron chi connectivity index (χ0n) is 11.2. The quantitative estimate of drug-likeness (QED) is 0.559. The zero-order chi connectivity index (χ0) is 14.6. The van der Waals surface area contributed by atoms with Crippen LogP contribution >= 0.6 is 0 Å². The van der Waals surface area contributed by atoms with Crippen LogP contribution in [0, 0.1) is 18.8 Å². The highest BCUT2D eigenvalue weighted by Crippen LogP contribution is 2.47. The van der Waals surface area contributed by atoms with Crippen molar-refractivity contribution < 1.29 is 25.2 Å². The highest BCUT2D eigenvalue weighted by molar-refractivity contribution is 6.03. The third kappa shape index (κ3) is 1.85. The first-order chi connectivity index (χ1) is 9.40. The standard InChI is InChI=1S/C15H18O5/c1-6-2-9-13(12(18)3-6)15(20)8-5-11(17)10(16)4-7(8)14(9)19/h2-3,7-8,10-11,14,16-19H,4-5H2,1H3. The van der Waals surface area contributed by atoms with Gasteiger partial charge in [0, 0.05) is 11.8 Å². The lowest BCUT2D eigenvalue weighted by atomic mass is 9.65. The number of aromatic hydroxyl groups is 1. The maximum absolute atomic E-state index is 12.5. The van der Waals surface area contributed by atoms with Crippen LogP contribution in [0.15, 0.2) is 12.1 Å². The van der Waals surface area contributed by atoms with Crippen molar-refractivity contribution in [1.29, 1.82) is 0 Å². The van der Waals surface area contributed by atoms with Crippen molar-refractivity contribution in [2.75, 3.05) is 0 Å².